The first-order valence-corrected chi connectivity index (χ1v) is 8.97. The third-order valence-electron chi connectivity index (χ3n) is 4.87. The van der Waals surface area contributed by atoms with E-state index in [9.17, 15) is 28.3 Å². The average molecular weight is 408 g/mol. The second kappa shape index (κ2) is 8.08. The van der Waals surface area contributed by atoms with Gasteiger partial charge in [-0.1, -0.05) is 12.8 Å². The molecule has 1 fully saturated rings. The Morgan fingerprint density at radius 3 is 2.69 bits per heavy atom. The number of nitrogens with zero attached hydrogens (tertiary/aromatic N) is 4. The average Bonchev–Trinajstić information content (AvgIpc) is 3.11. The summed E-state index contributed by atoms with van der Waals surface area (Å²) < 4.78 is 39.3. The number of aromatic nitrogens is 3. The highest BCUT2D eigenvalue weighted by molar-refractivity contribution is 5.98. The van der Waals surface area contributed by atoms with E-state index in [2.05, 4.69) is 21.5 Å². The van der Waals surface area contributed by atoms with Crippen LogP contribution in [0.1, 0.15) is 53.9 Å². The summed E-state index contributed by atoms with van der Waals surface area (Å²) in [6, 6.07) is 4.38. The summed E-state index contributed by atoms with van der Waals surface area (Å²) in [7, 11) is 0. The van der Waals surface area contributed by atoms with Crippen molar-refractivity contribution in [3.8, 4) is 6.07 Å². The third kappa shape index (κ3) is 4.48. The van der Waals surface area contributed by atoms with Gasteiger partial charge in [0.05, 0.1) is 35.6 Å². The zero-order valence-electron chi connectivity index (χ0n) is 15.2. The van der Waals surface area contributed by atoms with E-state index in [-0.39, 0.29) is 29.0 Å². The monoisotopic (exact) mass is 408 g/mol. The van der Waals surface area contributed by atoms with Gasteiger partial charge in [-0.3, -0.25) is 14.5 Å². The lowest BCUT2D eigenvalue weighted by Gasteiger charge is -2.26. The largest absolute Gasteiger partial charge is 0.420 e. The van der Waals surface area contributed by atoms with Gasteiger partial charge in [-0.2, -0.15) is 23.5 Å². The quantitative estimate of drug-likeness (QED) is 0.697. The number of carbonyl (C=O) groups excluding carboxylic acids is 1. The second-order valence-corrected chi connectivity index (χ2v) is 6.86. The number of nitrogens with one attached hydrogen (secondary N) is 1. The zero-order chi connectivity index (χ0) is 21.2. The highest BCUT2D eigenvalue weighted by atomic mass is 19.4. The molecule has 11 heteroatoms. The minimum absolute atomic E-state index is 0.0895. The number of rotatable bonds is 5. The summed E-state index contributed by atoms with van der Waals surface area (Å²) in [6.07, 6.45) is -1.59. The van der Waals surface area contributed by atoms with E-state index >= 15 is 0 Å². The minimum atomic E-state index is -4.82. The van der Waals surface area contributed by atoms with Gasteiger partial charge in [0.25, 0.3) is 5.91 Å². The van der Waals surface area contributed by atoms with E-state index in [1.807, 2.05) is 0 Å². The van der Waals surface area contributed by atoms with Gasteiger partial charge in [-0.15, -0.1) is 0 Å². The summed E-state index contributed by atoms with van der Waals surface area (Å²) in [6.45, 7) is 0. The summed E-state index contributed by atoms with van der Waals surface area (Å²) in [4.78, 5) is 15.4. The van der Waals surface area contributed by atoms with Crippen molar-refractivity contribution in [1.82, 2.24) is 14.8 Å². The molecular weight excluding hydrogens is 389 g/mol. The Bertz CT molecular complexity index is 919. The number of nitriles is 1. The van der Waals surface area contributed by atoms with Crippen LogP contribution in [-0.4, -0.2) is 32.0 Å². The smallest absolute Gasteiger partial charge is 0.378 e. The Morgan fingerprint density at radius 1 is 1.38 bits per heavy atom. The lowest BCUT2D eigenvalue weighted by atomic mass is 9.85. The van der Waals surface area contributed by atoms with Crippen molar-refractivity contribution in [2.24, 2.45) is 11.7 Å². The van der Waals surface area contributed by atoms with Gasteiger partial charge < -0.3 is 16.2 Å². The molecule has 0 bridgehead atoms. The predicted molar refractivity (Wildman–Crippen MR) is 95.9 cm³/mol. The van der Waals surface area contributed by atoms with Gasteiger partial charge in [0.15, 0.2) is 11.9 Å². The van der Waals surface area contributed by atoms with Crippen LogP contribution in [0.3, 0.4) is 0 Å². The van der Waals surface area contributed by atoms with Crippen LogP contribution in [0, 0.1) is 17.2 Å². The van der Waals surface area contributed by atoms with E-state index < -0.39 is 23.9 Å². The van der Waals surface area contributed by atoms with Gasteiger partial charge in [0.2, 0.25) is 0 Å². The number of primary amides is 1. The van der Waals surface area contributed by atoms with Gasteiger partial charge in [-0.05, 0) is 25.0 Å². The number of carbonyl (C=O) groups is 1. The lowest BCUT2D eigenvalue weighted by Crippen LogP contribution is -2.22. The van der Waals surface area contributed by atoms with Crippen molar-refractivity contribution < 1.29 is 23.1 Å². The third-order valence-corrected chi connectivity index (χ3v) is 4.87. The SMILES string of the molecule is N#CC1CCCCC1n1cc(C(N)=O)c(Nc2ccc(C(O)C(F)(F)F)nc2)n1. The van der Waals surface area contributed by atoms with Gasteiger partial charge in [-0.25, -0.2) is 0 Å². The first-order chi connectivity index (χ1) is 13.7. The zero-order valence-corrected chi connectivity index (χ0v) is 15.2. The molecule has 2 heterocycles. The molecule has 3 rings (SSSR count). The Labute approximate surface area is 164 Å². The van der Waals surface area contributed by atoms with Crippen LogP contribution in [0.25, 0.3) is 0 Å². The normalized spacial score (nSPS) is 20.7. The van der Waals surface area contributed by atoms with Crippen molar-refractivity contribution in [3.63, 3.8) is 0 Å². The molecule has 0 radical (unpaired) electrons. The molecule has 2 aromatic heterocycles. The second-order valence-electron chi connectivity index (χ2n) is 6.86. The van der Waals surface area contributed by atoms with Crippen molar-refractivity contribution in [2.45, 2.75) is 44.0 Å². The summed E-state index contributed by atoms with van der Waals surface area (Å²) >= 11 is 0. The van der Waals surface area contributed by atoms with Crippen LogP contribution >= 0.6 is 0 Å². The topological polar surface area (TPSA) is 130 Å². The molecule has 4 N–H and O–H groups in total. The number of hydrogen-bond acceptors (Lipinski definition) is 6. The van der Waals surface area contributed by atoms with E-state index in [4.69, 9.17) is 5.73 Å². The Kier molecular flexibility index (Phi) is 5.74. The van der Waals surface area contributed by atoms with Crippen molar-refractivity contribution in [1.29, 1.82) is 5.26 Å². The maximum atomic E-state index is 12.6. The summed E-state index contributed by atoms with van der Waals surface area (Å²) in [5.74, 6) is -0.854. The number of anilines is 2. The van der Waals surface area contributed by atoms with E-state index in [1.165, 1.54) is 12.3 Å². The molecule has 1 aliphatic carbocycles. The first-order valence-electron chi connectivity index (χ1n) is 8.97. The number of amides is 1. The Morgan fingerprint density at radius 2 is 2.10 bits per heavy atom. The number of alkyl halides is 3. The molecule has 3 unspecified atom stereocenters. The van der Waals surface area contributed by atoms with E-state index in [1.54, 1.807) is 4.68 Å². The molecule has 0 aliphatic heterocycles. The van der Waals surface area contributed by atoms with Gasteiger partial charge >= 0.3 is 6.18 Å². The van der Waals surface area contributed by atoms with Crippen molar-refractivity contribution in [3.05, 3.63) is 35.8 Å². The fourth-order valence-electron chi connectivity index (χ4n) is 3.36. The standard InChI is InChI=1S/C18H19F3N6O2/c19-18(20,21)15(28)13-6-5-11(8-24-13)25-17-12(16(23)29)9-27(26-17)14-4-2-1-3-10(14)7-22/h5-6,8-10,14-15,28H,1-4H2,(H2,23,29)(H,25,26). The Balaban J connectivity index is 1.84. The molecular formula is C18H19F3N6O2. The van der Waals surface area contributed by atoms with Crippen LogP contribution < -0.4 is 11.1 Å². The molecule has 2 aromatic rings. The fraction of sp³-hybridized carbons (Fsp3) is 0.444. The van der Waals surface area contributed by atoms with Crippen LogP contribution in [0.4, 0.5) is 24.7 Å². The van der Waals surface area contributed by atoms with E-state index in [0.717, 1.165) is 37.9 Å². The van der Waals surface area contributed by atoms with Crippen LogP contribution in [0.15, 0.2) is 24.5 Å². The maximum Gasteiger partial charge on any atom is 0.420 e. The highest BCUT2D eigenvalue weighted by Gasteiger charge is 2.40. The van der Waals surface area contributed by atoms with Gasteiger partial charge in [0.1, 0.15) is 5.56 Å². The number of hydrogen-bond donors (Lipinski definition) is 3. The van der Waals surface area contributed by atoms with Gasteiger partial charge in [0, 0.05) is 6.20 Å². The molecule has 1 amide bonds. The van der Waals surface area contributed by atoms with Crippen LogP contribution in [0.2, 0.25) is 0 Å². The highest BCUT2D eigenvalue weighted by Crippen LogP contribution is 2.35. The van der Waals surface area contributed by atoms with Crippen molar-refractivity contribution in [2.75, 3.05) is 5.32 Å². The molecule has 0 aromatic carbocycles. The molecule has 0 spiro atoms. The number of aliphatic hydroxyl groups excluding tert-OH is 1. The number of pyridine rings is 1. The van der Waals surface area contributed by atoms with Crippen LogP contribution in [0.5, 0.6) is 0 Å². The predicted octanol–water partition coefficient (Wildman–Crippen LogP) is 2.97. The fourth-order valence-corrected chi connectivity index (χ4v) is 3.36. The molecule has 154 valence electrons. The lowest BCUT2D eigenvalue weighted by molar-refractivity contribution is -0.207. The van der Waals surface area contributed by atoms with Crippen LogP contribution in [-0.2, 0) is 0 Å². The maximum absolute atomic E-state index is 12.6. The Hall–Kier alpha value is -3.13. The molecule has 1 saturated carbocycles. The first kappa shape index (κ1) is 20.6. The number of halogens is 3. The number of nitrogens with two attached hydrogens (primary N) is 1. The minimum Gasteiger partial charge on any atom is -0.378 e. The molecule has 1 aliphatic rings. The summed E-state index contributed by atoms with van der Waals surface area (Å²) in [5.41, 5.74) is 5.22. The molecule has 8 nitrogen and oxygen atoms in total. The van der Waals surface area contributed by atoms with E-state index in [0.29, 0.717) is 0 Å². The summed E-state index contributed by atoms with van der Waals surface area (Å²) in [5, 5.41) is 25.8. The molecule has 29 heavy (non-hydrogen) atoms. The molecule has 3 atom stereocenters. The van der Waals surface area contributed by atoms with Crippen molar-refractivity contribution >= 4 is 17.4 Å². The number of aliphatic hydroxyl groups is 1. The molecule has 0 saturated heterocycles.